The van der Waals surface area contributed by atoms with Crippen LogP contribution in [0.4, 0.5) is 4.39 Å². The van der Waals surface area contributed by atoms with E-state index in [1.807, 2.05) is 0 Å². The Morgan fingerprint density at radius 2 is 1.78 bits per heavy atom. The predicted octanol–water partition coefficient (Wildman–Crippen LogP) is 3.10. The third-order valence-corrected chi connectivity index (χ3v) is 4.12. The van der Waals surface area contributed by atoms with Crippen molar-refractivity contribution in [1.82, 2.24) is 5.32 Å². The van der Waals surface area contributed by atoms with Crippen LogP contribution in [-0.2, 0) is 16.0 Å². The number of carbonyl (C=O) groups excluding carboxylic acids is 1. The minimum absolute atomic E-state index is 0.122. The van der Waals surface area contributed by atoms with E-state index in [-0.39, 0.29) is 24.8 Å². The molecule has 0 saturated heterocycles. The first-order valence-corrected chi connectivity index (χ1v) is 8.39. The summed E-state index contributed by atoms with van der Waals surface area (Å²) in [6.45, 7) is 1.56. The van der Waals surface area contributed by atoms with Crippen LogP contribution in [-0.4, -0.2) is 28.1 Å². The Morgan fingerprint density at radius 1 is 1.11 bits per heavy atom. The van der Waals surface area contributed by atoms with Gasteiger partial charge >= 0.3 is 11.9 Å². The number of hydrogen-bond acceptors (Lipinski definition) is 3. The summed E-state index contributed by atoms with van der Waals surface area (Å²) in [4.78, 5) is 35.0. The van der Waals surface area contributed by atoms with Crippen LogP contribution in [0.25, 0.3) is 0 Å². The molecule has 0 aliphatic carbocycles. The van der Waals surface area contributed by atoms with E-state index >= 15 is 0 Å². The molecule has 1 atom stereocenters. The summed E-state index contributed by atoms with van der Waals surface area (Å²) in [5.74, 6) is -3.38. The maximum absolute atomic E-state index is 13.8. The number of carboxylic acids is 2. The Kier molecular flexibility index (Phi) is 6.65. The van der Waals surface area contributed by atoms with E-state index in [0.717, 1.165) is 0 Å². The van der Waals surface area contributed by atoms with Crippen molar-refractivity contribution in [3.63, 3.8) is 0 Å². The molecule has 0 aliphatic rings. The van der Waals surface area contributed by atoms with Crippen molar-refractivity contribution >= 4 is 17.8 Å². The average Bonchev–Trinajstić information content (AvgIpc) is 2.60. The summed E-state index contributed by atoms with van der Waals surface area (Å²) in [6.07, 6.45) is 0.290. The molecule has 6 nitrogen and oxygen atoms in total. The van der Waals surface area contributed by atoms with Crippen molar-refractivity contribution in [2.24, 2.45) is 0 Å². The number of hydrogen-bond donors (Lipinski definition) is 3. The fraction of sp³-hybridized carbons (Fsp3) is 0.250. The van der Waals surface area contributed by atoms with Crippen molar-refractivity contribution in [3.05, 3.63) is 70.5 Å². The highest BCUT2D eigenvalue weighted by Crippen LogP contribution is 2.26. The van der Waals surface area contributed by atoms with E-state index in [2.05, 4.69) is 5.32 Å². The minimum atomic E-state index is -1.38. The van der Waals surface area contributed by atoms with Crippen molar-refractivity contribution in [2.45, 2.75) is 32.2 Å². The number of aliphatic carboxylic acids is 2. The number of carbonyl (C=O) groups is 3. The Balaban J connectivity index is 2.36. The van der Waals surface area contributed by atoms with Crippen LogP contribution >= 0.6 is 0 Å². The van der Waals surface area contributed by atoms with E-state index in [9.17, 15) is 23.9 Å². The van der Waals surface area contributed by atoms with Crippen LogP contribution < -0.4 is 5.32 Å². The summed E-state index contributed by atoms with van der Waals surface area (Å²) in [5.41, 5.74) is 1.32. The smallest absolute Gasteiger partial charge is 0.330 e. The number of aryl methyl sites for hydroxylation is 2. The molecular formula is C20H20FNO5. The number of benzene rings is 2. The van der Waals surface area contributed by atoms with Gasteiger partial charge in [-0.1, -0.05) is 18.2 Å². The molecule has 2 aromatic carbocycles. The normalized spacial score (nSPS) is 11.6. The van der Waals surface area contributed by atoms with Crippen molar-refractivity contribution < 1.29 is 29.0 Å². The average molecular weight is 373 g/mol. The van der Waals surface area contributed by atoms with Gasteiger partial charge in [-0.25, -0.2) is 9.18 Å². The zero-order chi connectivity index (χ0) is 20.0. The van der Waals surface area contributed by atoms with Gasteiger partial charge in [0.15, 0.2) is 6.04 Å². The minimum Gasteiger partial charge on any atom is -0.481 e. The molecule has 142 valence electrons. The third-order valence-electron chi connectivity index (χ3n) is 4.12. The lowest BCUT2D eigenvalue weighted by Gasteiger charge is -2.21. The van der Waals surface area contributed by atoms with Gasteiger partial charge in [0.1, 0.15) is 5.82 Å². The van der Waals surface area contributed by atoms with Gasteiger partial charge < -0.3 is 15.5 Å². The molecular weight excluding hydrogens is 353 g/mol. The molecule has 0 spiro atoms. The summed E-state index contributed by atoms with van der Waals surface area (Å²) in [7, 11) is 0. The third kappa shape index (κ3) is 5.37. The lowest BCUT2D eigenvalue weighted by molar-refractivity contribution is -0.139. The lowest BCUT2D eigenvalue weighted by Crippen LogP contribution is -2.35. The first-order chi connectivity index (χ1) is 12.8. The molecule has 0 bridgehead atoms. The Hall–Kier alpha value is -3.22. The van der Waals surface area contributed by atoms with Gasteiger partial charge in [0.25, 0.3) is 5.91 Å². The molecule has 1 unspecified atom stereocenters. The number of rotatable bonds is 8. The molecule has 0 radical (unpaired) electrons. The van der Waals surface area contributed by atoms with E-state index in [1.165, 1.54) is 12.1 Å². The summed E-state index contributed by atoms with van der Waals surface area (Å²) in [6, 6.07) is 9.17. The SMILES string of the molecule is Cc1cc(F)cc(CCCC(=O)O)c1C(NC(=O)c1ccccc1)C(=O)O. The molecule has 3 N–H and O–H groups in total. The maximum atomic E-state index is 13.8. The molecule has 7 heteroatoms. The number of nitrogens with one attached hydrogen (secondary N) is 1. The van der Waals surface area contributed by atoms with Crippen LogP contribution in [0.3, 0.4) is 0 Å². The molecule has 1 amide bonds. The van der Waals surface area contributed by atoms with Crippen molar-refractivity contribution in [3.8, 4) is 0 Å². The summed E-state index contributed by atoms with van der Waals surface area (Å²) in [5, 5.41) is 20.9. The van der Waals surface area contributed by atoms with E-state index in [1.54, 1.807) is 37.3 Å². The Bertz CT molecular complexity index is 851. The number of amides is 1. The molecule has 27 heavy (non-hydrogen) atoms. The fourth-order valence-corrected chi connectivity index (χ4v) is 2.94. The summed E-state index contributed by atoms with van der Waals surface area (Å²) < 4.78 is 13.8. The van der Waals surface area contributed by atoms with Gasteiger partial charge in [0.05, 0.1) is 0 Å². The van der Waals surface area contributed by atoms with Crippen LogP contribution in [0.2, 0.25) is 0 Å². The lowest BCUT2D eigenvalue weighted by atomic mass is 9.91. The molecule has 0 saturated carbocycles. The quantitative estimate of drug-likeness (QED) is 0.660. The predicted molar refractivity (Wildman–Crippen MR) is 96.0 cm³/mol. The van der Waals surface area contributed by atoms with Gasteiger partial charge in [-0.3, -0.25) is 9.59 Å². The van der Waals surface area contributed by atoms with Crippen molar-refractivity contribution in [1.29, 1.82) is 0 Å². The van der Waals surface area contributed by atoms with Gasteiger partial charge in [-0.15, -0.1) is 0 Å². The van der Waals surface area contributed by atoms with Crippen LogP contribution in [0, 0.1) is 12.7 Å². The second-order valence-corrected chi connectivity index (χ2v) is 6.15. The largest absolute Gasteiger partial charge is 0.481 e. The monoisotopic (exact) mass is 373 g/mol. The van der Waals surface area contributed by atoms with E-state index in [0.29, 0.717) is 16.7 Å². The molecule has 0 heterocycles. The first-order valence-electron chi connectivity index (χ1n) is 8.39. The Morgan fingerprint density at radius 3 is 2.37 bits per heavy atom. The van der Waals surface area contributed by atoms with Gasteiger partial charge in [-0.05, 0) is 60.7 Å². The van der Waals surface area contributed by atoms with E-state index < -0.39 is 29.7 Å². The molecule has 0 fully saturated rings. The highest BCUT2D eigenvalue weighted by atomic mass is 19.1. The summed E-state index contributed by atoms with van der Waals surface area (Å²) >= 11 is 0. The second kappa shape index (κ2) is 8.93. The van der Waals surface area contributed by atoms with Crippen LogP contribution in [0.1, 0.15) is 45.9 Å². The van der Waals surface area contributed by atoms with Gasteiger partial charge in [-0.2, -0.15) is 0 Å². The number of carboxylic acid groups (broad SMARTS) is 2. The second-order valence-electron chi connectivity index (χ2n) is 6.15. The molecule has 0 aliphatic heterocycles. The zero-order valence-electron chi connectivity index (χ0n) is 14.7. The number of halogens is 1. The molecule has 0 aromatic heterocycles. The maximum Gasteiger partial charge on any atom is 0.330 e. The highest BCUT2D eigenvalue weighted by molar-refractivity contribution is 5.97. The molecule has 2 rings (SSSR count). The van der Waals surface area contributed by atoms with Crippen molar-refractivity contribution in [2.75, 3.05) is 0 Å². The topological polar surface area (TPSA) is 104 Å². The van der Waals surface area contributed by atoms with E-state index in [4.69, 9.17) is 5.11 Å². The Labute approximate surface area is 155 Å². The fourth-order valence-electron chi connectivity index (χ4n) is 2.94. The zero-order valence-corrected chi connectivity index (χ0v) is 14.7. The first kappa shape index (κ1) is 20.1. The van der Waals surface area contributed by atoms with Gasteiger partial charge in [0.2, 0.25) is 0 Å². The standard InChI is InChI=1S/C20H20FNO5/c1-12-10-15(21)11-14(8-5-9-16(23)24)17(12)18(20(26)27)22-19(25)13-6-3-2-4-7-13/h2-4,6-7,10-11,18H,5,8-9H2,1H3,(H,22,25)(H,23,24)(H,26,27). The van der Waals surface area contributed by atoms with Gasteiger partial charge in [0, 0.05) is 12.0 Å². The van der Waals surface area contributed by atoms with Crippen LogP contribution in [0.5, 0.6) is 0 Å². The highest BCUT2D eigenvalue weighted by Gasteiger charge is 2.27. The van der Waals surface area contributed by atoms with Crippen LogP contribution in [0.15, 0.2) is 42.5 Å². The molecule has 2 aromatic rings.